The van der Waals surface area contributed by atoms with Crippen molar-refractivity contribution in [1.29, 1.82) is 0 Å². The molecule has 0 aliphatic heterocycles. The predicted molar refractivity (Wildman–Crippen MR) is 196 cm³/mol. The molecular weight excluding hydrogens is 569 g/mol. The number of hydrogen-bond acceptors (Lipinski definition) is 2. The van der Waals surface area contributed by atoms with Crippen LogP contribution >= 0.6 is 22.7 Å². The fourth-order valence-electron chi connectivity index (χ4n) is 7.41. The van der Waals surface area contributed by atoms with Crippen LogP contribution in [0.25, 0.3) is 94.9 Å². The smallest absolute Gasteiger partial charge is 0.0361 e. The van der Waals surface area contributed by atoms with Crippen LogP contribution in [0.5, 0.6) is 0 Å². The van der Waals surface area contributed by atoms with Gasteiger partial charge in [-0.2, -0.15) is 0 Å². The van der Waals surface area contributed by atoms with Gasteiger partial charge < -0.3 is 0 Å². The molecule has 0 amide bonds. The molecule has 10 rings (SSSR count). The minimum absolute atomic E-state index is 1.26. The summed E-state index contributed by atoms with van der Waals surface area (Å²) < 4.78 is 5.39. The first-order valence-corrected chi connectivity index (χ1v) is 16.7. The standard InChI is InChI=1S/C42H24S2/c1-2-10-25(11-3-1)39-27-12-4-6-14-29(27)40(30-15-7-5-13-28(30)39)26-18-19-34-38(24-26)44-37-23-21-31-32(42(34)37)20-22-36-41(31)33-16-8-9-17-35(33)43-36/h1-24H. The van der Waals surface area contributed by atoms with Crippen LogP contribution in [0.1, 0.15) is 0 Å². The number of fused-ring (bicyclic) bond motifs is 11. The molecule has 2 aromatic heterocycles. The van der Waals surface area contributed by atoms with E-state index in [1.165, 1.54) is 94.9 Å². The van der Waals surface area contributed by atoms with E-state index in [1.54, 1.807) is 0 Å². The van der Waals surface area contributed by atoms with E-state index < -0.39 is 0 Å². The SMILES string of the molecule is c1ccc(-c2c3ccccc3c(-c3ccc4c(c3)sc3ccc5c(ccc6sc7ccccc7c65)c34)c3ccccc23)cc1. The van der Waals surface area contributed by atoms with Gasteiger partial charge in [0.2, 0.25) is 0 Å². The van der Waals surface area contributed by atoms with Crippen LogP contribution in [0.15, 0.2) is 146 Å². The van der Waals surface area contributed by atoms with Gasteiger partial charge in [0.15, 0.2) is 0 Å². The van der Waals surface area contributed by atoms with Gasteiger partial charge in [-0.15, -0.1) is 22.7 Å². The lowest BCUT2D eigenvalue weighted by molar-refractivity contribution is 1.66. The summed E-state index contributed by atoms with van der Waals surface area (Å²) in [5.41, 5.74) is 5.14. The van der Waals surface area contributed by atoms with E-state index in [9.17, 15) is 0 Å². The van der Waals surface area contributed by atoms with Crippen LogP contribution < -0.4 is 0 Å². The number of thiophene rings is 2. The molecule has 0 saturated heterocycles. The number of hydrogen-bond donors (Lipinski definition) is 0. The molecule has 0 bridgehead atoms. The van der Waals surface area contributed by atoms with Crippen LogP contribution in [0.3, 0.4) is 0 Å². The van der Waals surface area contributed by atoms with E-state index in [1.807, 2.05) is 22.7 Å². The maximum absolute atomic E-state index is 2.43. The summed E-state index contributed by atoms with van der Waals surface area (Å²) in [6.07, 6.45) is 0. The Morgan fingerprint density at radius 2 is 0.727 bits per heavy atom. The lowest BCUT2D eigenvalue weighted by Crippen LogP contribution is -1.90. The number of benzene rings is 8. The molecule has 44 heavy (non-hydrogen) atoms. The zero-order valence-corrected chi connectivity index (χ0v) is 25.3. The first-order valence-electron chi connectivity index (χ1n) is 15.0. The minimum Gasteiger partial charge on any atom is -0.135 e. The Morgan fingerprint density at radius 1 is 0.273 bits per heavy atom. The van der Waals surface area contributed by atoms with Crippen molar-refractivity contribution in [2.24, 2.45) is 0 Å². The Labute approximate surface area is 262 Å². The normalized spacial score (nSPS) is 12.1. The number of rotatable bonds is 2. The van der Waals surface area contributed by atoms with Gasteiger partial charge in [-0.05, 0) is 78.8 Å². The summed E-state index contributed by atoms with van der Waals surface area (Å²) >= 11 is 3.80. The second-order valence-corrected chi connectivity index (χ2v) is 13.8. The lowest BCUT2D eigenvalue weighted by Gasteiger charge is -2.17. The van der Waals surface area contributed by atoms with Crippen molar-refractivity contribution in [2.75, 3.05) is 0 Å². The summed E-state index contributed by atoms with van der Waals surface area (Å²) in [4.78, 5) is 0. The summed E-state index contributed by atoms with van der Waals surface area (Å²) in [5, 5.41) is 13.3. The van der Waals surface area contributed by atoms with Crippen LogP contribution in [0.4, 0.5) is 0 Å². The van der Waals surface area contributed by atoms with Crippen LogP contribution in [-0.2, 0) is 0 Å². The zero-order valence-electron chi connectivity index (χ0n) is 23.7. The Morgan fingerprint density at radius 3 is 1.34 bits per heavy atom. The second kappa shape index (κ2) is 9.24. The molecule has 2 heterocycles. The van der Waals surface area contributed by atoms with E-state index in [0.717, 1.165) is 0 Å². The fourth-order valence-corrected chi connectivity index (χ4v) is 9.70. The molecular formula is C42H24S2. The molecule has 204 valence electrons. The highest BCUT2D eigenvalue weighted by Crippen LogP contribution is 2.47. The molecule has 10 aromatic rings. The van der Waals surface area contributed by atoms with Crippen molar-refractivity contribution in [2.45, 2.75) is 0 Å². The van der Waals surface area contributed by atoms with E-state index in [0.29, 0.717) is 0 Å². The summed E-state index contributed by atoms with van der Waals surface area (Å²) in [7, 11) is 0. The third kappa shape index (κ3) is 3.38. The molecule has 0 fully saturated rings. The van der Waals surface area contributed by atoms with Gasteiger partial charge in [0.1, 0.15) is 0 Å². The van der Waals surface area contributed by atoms with Gasteiger partial charge in [-0.3, -0.25) is 0 Å². The van der Waals surface area contributed by atoms with Crippen molar-refractivity contribution in [3.63, 3.8) is 0 Å². The van der Waals surface area contributed by atoms with Crippen LogP contribution in [0, 0.1) is 0 Å². The summed E-state index contributed by atoms with van der Waals surface area (Å²) in [5.74, 6) is 0. The monoisotopic (exact) mass is 592 g/mol. The average Bonchev–Trinajstić information content (AvgIpc) is 3.65. The van der Waals surface area contributed by atoms with Gasteiger partial charge in [0.25, 0.3) is 0 Å². The third-order valence-corrected chi connectivity index (χ3v) is 11.5. The molecule has 0 atom stereocenters. The molecule has 0 nitrogen and oxygen atoms in total. The average molecular weight is 593 g/mol. The molecule has 0 spiro atoms. The molecule has 0 saturated carbocycles. The molecule has 0 aliphatic carbocycles. The topological polar surface area (TPSA) is 0 Å². The Bertz CT molecular complexity index is 2700. The van der Waals surface area contributed by atoms with Crippen molar-refractivity contribution >= 4 is 95.3 Å². The van der Waals surface area contributed by atoms with Crippen molar-refractivity contribution < 1.29 is 0 Å². The minimum atomic E-state index is 1.26. The zero-order chi connectivity index (χ0) is 28.8. The summed E-state index contributed by atoms with van der Waals surface area (Å²) in [6, 6.07) is 54.0. The molecule has 0 aliphatic rings. The molecule has 0 N–H and O–H groups in total. The maximum atomic E-state index is 2.43. The molecule has 2 heteroatoms. The van der Waals surface area contributed by atoms with Crippen LogP contribution in [0.2, 0.25) is 0 Å². The molecule has 8 aromatic carbocycles. The first-order chi connectivity index (χ1) is 21.8. The van der Waals surface area contributed by atoms with E-state index in [4.69, 9.17) is 0 Å². The largest absolute Gasteiger partial charge is 0.135 e. The van der Waals surface area contributed by atoms with E-state index in [-0.39, 0.29) is 0 Å². The van der Waals surface area contributed by atoms with Crippen molar-refractivity contribution in [3.8, 4) is 22.3 Å². The third-order valence-electron chi connectivity index (χ3n) is 9.25. The van der Waals surface area contributed by atoms with Gasteiger partial charge in [-0.1, -0.05) is 121 Å². The van der Waals surface area contributed by atoms with Crippen LogP contribution in [-0.4, -0.2) is 0 Å². The van der Waals surface area contributed by atoms with Gasteiger partial charge >= 0.3 is 0 Å². The van der Waals surface area contributed by atoms with Gasteiger partial charge in [0.05, 0.1) is 0 Å². The fraction of sp³-hybridized carbons (Fsp3) is 0. The second-order valence-electron chi connectivity index (χ2n) is 11.6. The highest BCUT2D eigenvalue weighted by molar-refractivity contribution is 7.26. The highest BCUT2D eigenvalue weighted by Gasteiger charge is 2.18. The highest BCUT2D eigenvalue weighted by atomic mass is 32.1. The maximum Gasteiger partial charge on any atom is 0.0361 e. The molecule has 0 radical (unpaired) electrons. The lowest BCUT2D eigenvalue weighted by atomic mass is 9.86. The Hall–Kier alpha value is -5.02. The van der Waals surface area contributed by atoms with Gasteiger partial charge in [-0.25, -0.2) is 0 Å². The van der Waals surface area contributed by atoms with Gasteiger partial charge in [0, 0.05) is 40.3 Å². The van der Waals surface area contributed by atoms with E-state index >= 15 is 0 Å². The first kappa shape index (κ1) is 24.4. The summed E-state index contributed by atoms with van der Waals surface area (Å²) in [6.45, 7) is 0. The Kier molecular flexibility index (Phi) is 5.13. The molecule has 0 unspecified atom stereocenters. The van der Waals surface area contributed by atoms with E-state index in [2.05, 4.69) is 146 Å². The quantitative estimate of drug-likeness (QED) is 0.175. The van der Waals surface area contributed by atoms with Crippen molar-refractivity contribution in [3.05, 3.63) is 146 Å². The van der Waals surface area contributed by atoms with Crippen molar-refractivity contribution in [1.82, 2.24) is 0 Å². The Balaban J connectivity index is 1.26. The predicted octanol–water partition coefficient (Wildman–Crippen LogP) is 13.2.